The van der Waals surface area contributed by atoms with Crippen molar-refractivity contribution in [3.63, 3.8) is 0 Å². The lowest BCUT2D eigenvalue weighted by Gasteiger charge is -2.35. The van der Waals surface area contributed by atoms with Gasteiger partial charge in [-0.3, -0.25) is 0 Å². The van der Waals surface area contributed by atoms with E-state index >= 15 is 0 Å². The van der Waals surface area contributed by atoms with Crippen LogP contribution in [0.15, 0.2) is 156 Å². The van der Waals surface area contributed by atoms with Crippen molar-refractivity contribution in [3.05, 3.63) is 151 Å². The lowest BCUT2D eigenvalue weighted by atomic mass is 9.79. The fourth-order valence-electron chi connectivity index (χ4n) is 5.81. The van der Waals surface area contributed by atoms with E-state index in [0.717, 1.165) is 5.39 Å². The highest BCUT2D eigenvalue weighted by molar-refractivity contribution is 7.20. The number of rotatable bonds is 6. The molecule has 47 heavy (non-hydrogen) atoms. The topological polar surface area (TPSA) is 31.6 Å². The van der Waals surface area contributed by atoms with E-state index < -0.39 is 161 Å². The zero-order valence-corrected chi connectivity index (χ0v) is 26.8. The van der Waals surface area contributed by atoms with Gasteiger partial charge in [0.2, 0.25) is 0 Å². The molecule has 7 aromatic rings. The Hall–Kier alpha value is -4.68. The van der Waals surface area contributed by atoms with E-state index in [1.165, 1.54) is 12.1 Å². The van der Waals surface area contributed by atoms with Gasteiger partial charge in [-0.05, 0) is 83.2 Å². The first-order valence-corrected chi connectivity index (χ1v) is 16.9. The second-order valence-corrected chi connectivity index (χ2v) is 15.7. The Morgan fingerprint density at radius 2 is 1.13 bits per heavy atom. The van der Waals surface area contributed by atoms with E-state index in [0.29, 0.717) is 11.0 Å². The maximum Gasteiger partial charge on any atom is 0.494 e. The quantitative estimate of drug-likeness (QED) is 0.145. The van der Waals surface area contributed by atoms with Crippen LogP contribution in [-0.2, 0) is 9.31 Å². The summed E-state index contributed by atoms with van der Waals surface area (Å²) < 4.78 is 186. The van der Waals surface area contributed by atoms with Gasteiger partial charge in [-0.2, -0.15) is 0 Å². The van der Waals surface area contributed by atoms with Crippen molar-refractivity contribution in [1.82, 2.24) is 0 Å². The first-order valence-electron chi connectivity index (χ1n) is 23.9. The van der Waals surface area contributed by atoms with Crippen LogP contribution in [0.1, 0.15) is 52.4 Å². The summed E-state index contributed by atoms with van der Waals surface area (Å²) >= 11 is 0. The van der Waals surface area contributed by atoms with Gasteiger partial charge in [-0.1, -0.05) is 133 Å². The highest BCUT2D eigenvalue weighted by atomic mass is 28.3. The van der Waals surface area contributed by atoms with Crippen molar-refractivity contribution in [3.8, 4) is 11.1 Å². The fourth-order valence-corrected chi connectivity index (χ4v) is 9.44. The molecule has 0 saturated carbocycles. The molecule has 1 aliphatic rings. The van der Waals surface area contributed by atoms with E-state index in [1.54, 1.807) is 52.0 Å². The van der Waals surface area contributed by atoms with E-state index in [1.807, 2.05) is 6.07 Å². The molecule has 1 aliphatic heterocycles. The Kier molecular flexibility index (Phi) is 3.81. The molecule has 2 heterocycles. The van der Waals surface area contributed by atoms with Crippen molar-refractivity contribution in [2.45, 2.75) is 38.9 Å². The van der Waals surface area contributed by atoms with E-state index in [9.17, 15) is 15.1 Å². The minimum Gasteiger partial charge on any atom is -0.456 e. The van der Waals surface area contributed by atoms with Crippen molar-refractivity contribution < 1.29 is 38.4 Å². The average Bonchev–Trinajstić information content (AvgIpc) is 3.72. The van der Waals surface area contributed by atoms with Crippen molar-refractivity contribution in [1.29, 1.82) is 0 Å². The average molecular weight is 647 g/mol. The molecular weight excluding hydrogens is 591 g/mol. The fraction of sp³-hybridized carbons (Fsp3) is 0.143. The lowest BCUT2D eigenvalue weighted by Crippen LogP contribution is -2.75. The number of hydrogen-bond donors (Lipinski definition) is 0. The lowest BCUT2D eigenvalue weighted by molar-refractivity contribution is 0.00578. The number of hydrogen-bond acceptors (Lipinski definition) is 3. The summed E-state index contributed by atoms with van der Waals surface area (Å²) in [5, 5.41) is -2.00. The molecule has 0 atom stereocenters. The summed E-state index contributed by atoms with van der Waals surface area (Å²) in [6, 6.07) is -5.43. The van der Waals surface area contributed by atoms with Gasteiger partial charge in [0, 0.05) is 10.8 Å². The summed E-state index contributed by atoms with van der Waals surface area (Å²) in [5.41, 5.74) is -2.30. The van der Waals surface area contributed by atoms with Gasteiger partial charge >= 0.3 is 7.12 Å². The number of furan rings is 1. The highest BCUT2D eigenvalue weighted by Gasteiger charge is 2.52. The maximum atomic E-state index is 10.1. The van der Waals surface area contributed by atoms with E-state index in [2.05, 4.69) is 0 Å². The molecule has 1 aromatic heterocycles. The number of fused-ring (bicyclic) bond motifs is 3. The summed E-state index contributed by atoms with van der Waals surface area (Å²) in [6.07, 6.45) is 0. The van der Waals surface area contributed by atoms with Crippen LogP contribution in [0.25, 0.3) is 33.1 Å². The second kappa shape index (κ2) is 11.2. The maximum absolute atomic E-state index is 10.1. The van der Waals surface area contributed by atoms with E-state index in [-0.39, 0.29) is 16.7 Å². The molecule has 0 unspecified atom stereocenters. The van der Waals surface area contributed by atoms with Crippen molar-refractivity contribution in [2.75, 3.05) is 0 Å². The molecule has 5 heteroatoms. The van der Waals surface area contributed by atoms with Gasteiger partial charge in [-0.25, -0.2) is 0 Å². The molecule has 6 aromatic carbocycles. The molecule has 0 spiro atoms. The molecule has 0 bridgehead atoms. The molecule has 0 N–H and O–H groups in total. The van der Waals surface area contributed by atoms with Crippen LogP contribution in [0.2, 0.25) is 0 Å². The minimum atomic E-state index is -6.02. The van der Waals surface area contributed by atoms with Gasteiger partial charge in [-0.15, -0.1) is 0 Å². The minimum absolute atomic E-state index is 0.0594. The van der Waals surface area contributed by atoms with Gasteiger partial charge in [0.1, 0.15) is 11.2 Å². The highest BCUT2D eigenvalue weighted by Crippen LogP contribution is 2.36. The van der Waals surface area contributed by atoms with Crippen molar-refractivity contribution >= 4 is 63.3 Å². The van der Waals surface area contributed by atoms with Crippen LogP contribution in [0.5, 0.6) is 0 Å². The largest absolute Gasteiger partial charge is 0.494 e. The van der Waals surface area contributed by atoms with Crippen LogP contribution in [0.4, 0.5) is 0 Å². The zero-order chi connectivity index (χ0) is 47.9. The SMILES string of the molecule is [2H]c1c([2H])c([2H])c([Si](c2c([2H])c([2H])c([2H])c([2H])c2[2H])(c2c([2H])c([2H])c([2H])c(B3OC(C)(C)C(C)(C)O3)c2[2H])c2c([2H])c([2H])c([2H])c(-c3ccc4c(c3)oc3ccccc34)c2[2H])c([2H])c1[2H]. The molecule has 0 radical (unpaired) electrons. The third-order valence-electron chi connectivity index (χ3n) is 8.93. The second-order valence-electron chi connectivity index (χ2n) is 12.2. The van der Waals surface area contributed by atoms with Crippen LogP contribution in [-0.4, -0.2) is 26.4 Å². The van der Waals surface area contributed by atoms with Crippen molar-refractivity contribution in [2.24, 2.45) is 0 Å². The molecule has 230 valence electrons. The molecule has 0 amide bonds. The monoisotopic (exact) mass is 646 g/mol. The number of para-hydroxylation sites is 1. The van der Waals surface area contributed by atoms with Crippen LogP contribution in [0, 0.1) is 0 Å². The van der Waals surface area contributed by atoms with Gasteiger partial charge in [0.05, 0.1) is 35.9 Å². The Morgan fingerprint density at radius 1 is 0.553 bits per heavy atom. The van der Waals surface area contributed by atoms with Gasteiger partial charge < -0.3 is 13.7 Å². The smallest absolute Gasteiger partial charge is 0.456 e. The normalized spacial score (nSPS) is 21.1. The number of benzene rings is 6. The van der Waals surface area contributed by atoms with Crippen LogP contribution >= 0.6 is 0 Å². The van der Waals surface area contributed by atoms with Gasteiger partial charge in [0.15, 0.2) is 8.07 Å². The molecule has 3 nitrogen and oxygen atoms in total. The van der Waals surface area contributed by atoms with Gasteiger partial charge in [0.25, 0.3) is 0 Å². The third-order valence-corrected chi connectivity index (χ3v) is 12.9. The van der Waals surface area contributed by atoms with E-state index in [4.69, 9.17) is 23.3 Å². The standard InChI is InChI=1S/C42H37BO3Si/c1-41(2)42(3,4)46-43(45-41)32-16-14-22-36(29-32)47(33-17-7-5-8-18-33,34-19-9-6-10-20-34)35-21-13-15-30(27-35)31-25-26-38-37-23-11-12-24-39(37)44-40(38)28-31/h5-29H,1-4H3/i5D,6D,7D,8D,9D,10D,13D,14D,15D,16D,17D,18D,19D,20D,21D,22D,27D,29D. The summed E-state index contributed by atoms with van der Waals surface area (Å²) in [4.78, 5) is 0. The summed E-state index contributed by atoms with van der Waals surface area (Å²) in [5.74, 6) is 0. The Bertz CT molecular complexity index is 3100. The Balaban J connectivity index is 1.69. The van der Waals surface area contributed by atoms with Crippen LogP contribution in [0.3, 0.4) is 0 Å². The molecule has 8 rings (SSSR count). The summed E-state index contributed by atoms with van der Waals surface area (Å²) in [7, 11) is -7.67. The predicted molar refractivity (Wildman–Crippen MR) is 198 cm³/mol. The summed E-state index contributed by atoms with van der Waals surface area (Å²) in [6.45, 7) is 6.67. The Labute approximate surface area is 303 Å². The third kappa shape index (κ3) is 4.89. The molecule has 0 aliphatic carbocycles. The molecular formula is C42H37BO3Si. The first kappa shape index (κ1) is 15.9. The molecule has 1 fully saturated rings. The molecule has 1 saturated heterocycles. The van der Waals surface area contributed by atoms with Crippen LogP contribution < -0.4 is 26.2 Å². The first-order chi connectivity index (χ1) is 30.3. The Morgan fingerprint density at radius 3 is 1.81 bits per heavy atom. The predicted octanol–water partition coefficient (Wildman–Crippen LogP) is 6.93. The zero-order valence-electron chi connectivity index (χ0n) is 43.8.